The maximum Gasteiger partial charge on any atom is 0.328 e. The number of hydrogen-bond acceptors (Lipinski definition) is 4. The van der Waals surface area contributed by atoms with Crippen LogP contribution < -0.4 is 16.5 Å². The number of carboxylic acid groups (broad SMARTS) is 1. The van der Waals surface area contributed by atoms with Crippen LogP contribution in [0, 0.1) is 0 Å². The van der Waals surface area contributed by atoms with Gasteiger partial charge in [-0.2, -0.15) is 5.10 Å². The van der Waals surface area contributed by atoms with Crippen molar-refractivity contribution in [2.75, 3.05) is 5.32 Å². The van der Waals surface area contributed by atoms with Crippen LogP contribution in [0.4, 0.5) is 5.69 Å². The molecule has 128 valence electrons. The van der Waals surface area contributed by atoms with Gasteiger partial charge in [-0.1, -0.05) is 24.3 Å². The van der Waals surface area contributed by atoms with Gasteiger partial charge >= 0.3 is 5.97 Å². The lowest BCUT2D eigenvalue weighted by atomic mass is 10.1. The minimum atomic E-state index is -1.01. The van der Waals surface area contributed by atoms with Gasteiger partial charge in [0.05, 0.1) is 0 Å². The summed E-state index contributed by atoms with van der Waals surface area (Å²) >= 11 is 0. The van der Waals surface area contributed by atoms with Gasteiger partial charge in [-0.3, -0.25) is 4.79 Å². The first-order valence-corrected chi connectivity index (χ1v) is 7.45. The van der Waals surface area contributed by atoms with Crippen LogP contribution in [-0.2, 0) is 11.3 Å². The number of hydrogen-bond donors (Lipinski definition) is 4. The van der Waals surface area contributed by atoms with E-state index in [-0.39, 0.29) is 5.91 Å². The fourth-order valence-electron chi connectivity index (χ4n) is 2.12. The number of carboxylic acids is 1. The first-order valence-electron chi connectivity index (χ1n) is 7.45. The highest BCUT2D eigenvalue weighted by molar-refractivity contribution is 5.95. The third-order valence-corrected chi connectivity index (χ3v) is 3.25. The molecule has 0 aliphatic heterocycles. The summed E-state index contributed by atoms with van der Waals surface area (Å²) in [6.45, 7) is 0.329. The van der Waals surface area contributed by atoms with Gasteiger partial charge in [-0.05, 0) is 41.5 Å². The normalized spacial score (nSPS) is 10.9. The van der Waals surface area contributed by atoms with E-state index < -0.39 is 5.97 Å². The molecule has 5 N–H and O–H groups in total. The van der Waals surface area contributed by atoms with Gasteiger partial charge in [0.15, 0.2) is 0 Å². The molecule has 25 heavy (non-hydrogen) atoms. The minimum Gasteiger partial charge on any atom is -0.478 e. The van der Waals surface area contributed by atoms with E-state index in [0.29, 0.717) is 17.8 Å². The molecule has 0 atom stereocenters. The SMILES string of the molecule is NN=CNc1cccc(C(=O)NCc2cccc(C=CC(=O)O)c2)c1. The lowest BCUT2D eigenvalue weighted by Crippen LogP contribution is -2.22. The second-order valence-corrected chi connectivity index (χ2v) is 5.10. The molecule has 0 saturated heterocycles. The van der Waals surface area contributed by atoms with Crippen molar-refractivity contribution in [1.29, 1.82) is 0 Å². The average Bonchev–Trinajstić information content (AvgIpc) is 2.63. The maximum absolute atomic E-state index is 12.3. The topological polar surface area (TPSA) is 117 Å². The zero-order valence-corrected chi connectivity index (χ0v) is 13.3. The summed E-state index contributed by atoms with van der Waals surface area (Å²) in [5.41, 5.74) is 2.81. The fraction of sp³-hybridized carbons (Fsp3) is 0.0556. The Labute approximate surface area is 144 Å². The lowest BCUT2D eigenvalue weighted by Gasteiger charge is -2.08. The van der Waals surface area contributed by atoms with E-state index in [1.165, 1.54) is 12.4 Å². The number of amides is 1. The van der Waals surface area contributed by atoms with Crippen molar-refractivity contribution in [1.82, 2.24) is 5.32 Å². The zero-order valence-electron chi connectivity index (χ0n) is 13.3. The lowest BCUT2D eigenvalue weighted by molar-refractivity contribution is -0.131. The van der Waals surface area contributed by atoms with Gasteiger partial charge in [0, 0.05) is 23.9 Å². The molecule has 7 nitrogen and oxygen atoms in total. The summed E-state index contributed by atoms with van der Waals surface area (Å²) in [5.74, 6) is 3.80. The molecule has 0 spiro atoms. The summed E-state index contributed by atoms with van der Waals surface area (Å²) in [7, 11) is 0. The largest absolute Gasteiger partial charge is 0.478 e. The third-order valence-electron chi connectivity index (χ3n) is 3.25. The van der Waals surface area contributed by atoms with E-state index >= 15 is 0 Å². The third kappa shape index (κ3) is 5.83. The Morgan fingerprint density at radius 2 is 1.96 bits per heavy atom. The Morgan fingerprint density at radius 1 is 1.16 bits per heavy atom. The number of nitrogens with one attached hydrogen (secondary N) is 2. The zero-order chi connectivity index (χ0) is 18.1. The number of nitrogens with two attached hydrogens (primary N) is 1. The molecule has 0 saturated carbocycles. The predicted octanol–water partition coefficient (Wildman–Crippen LogP) is 2.03. The van der Waals surface area contributed by atoms with Gasteiger partial charge in [0.1, 0.15) is 6.34 Å². The first-order chi connectivity index (χ1) is 12.1. The maximum atomic E-state index is 12.3. The van der Waals surface area contributed by atoms with Crippen LogP contribution in [0.3, 0.4) is 0 Å². The fourth-order valence-corrected chi connectivity index (χ4v) is 2.12. The molecular weight excluding hydrogens is 320 g/mol. The first kappa shape index (κ1) is 17.7. The minimum absolute atomic E-state index is 0.222. The Bertz CT molecular complexity index is 815. The molecule has 0 aliphatic rings. The molecule has 2 aromatic rings. The average molecular weight is 338 g/mol. The van der Waals surface area contributed by atoms with E-state index in [1.54, 1.807) is 36.4 Å². The van der Waals surface area contributed by atoms with E-state index in [0.717, 1.165) is 17.2 Å². The van der Waals surface area contributed by atoms with Crippen molar-refractivity contribution in [3.05, 3.63) is 71.3 Å². The van der Waals surface area contributed by atoms with Crippen molar-refractivity contribution < 1.29 is 14.7 Å². The summed E-state index contributed by atoms with van der Waals surface area (Å²) in [5, 5.41) is 17.7. The van der Waals surface area contributed by atoms with Crippen molar-refractivity contribution in [2.45, 2.75) is 6.54 Å². The number of nitrogens with zero attached hydrogens (tertiary/aromatic N) is 1. The van der Waals surface area contributed by atoms with Crippen LogP contribution in [0.15, 0.2) is 59.7 Å². The number of anilines is 1. The Morgan fingerprint density at radius 3 is 2.72 bits per heavy atom. The Balaban J connectivity index is 2.00. The summed E-state index contributed by atoms with van der Waals surface area (Å²) in [6, 6.07) is 14.2. The molecule has 0 fully saturated rings. The van der Waals surface area contributed by atoms with E-state index in [4.69, 9.17) is 10.9 Å². The highest BCUT2D eigenvalue weighted by Gasteiger charge is 2.06. The van der Waals surface area contributed by atoms with E-state index in [9.17, 15) is 9.59 Å². The van der Waals surface area contributed by atoms with Crippen LogP contribution >= 0.6 is 0 Å². The van der Waals surface area contributed by atoms with Gasteiger partial charge in [0.2, 0.25) is 0 Å². The monoisotopic (exact) mass is 338 g/mol. The van der Waals surface area contributed by atoms with Crippen molar-refractivity contribution in [2.24, 2.45) is 10.9 Å². The molecule has 0 radical (unpaired) electrons. The summed E-state index contributed by atoms with van der Waals surface area (Å²) in [4.78, 5) is 22.8. The number of carbonyl (C=O) groups is 2. The molecule has 0 aromatic heterocycles. The van der Waals surface area contributed by atoms with Gasteiger partial charge < -0.3 is 21.6 Å². The molecule has 0 aliphatic carbocycles. The smallest absolute Gasteiger partial charge is 0.328 e. The van der Waals surface area contributed by atoms with Crippen LogP contribution in [0.5, 0.6) is 0 Å². The summed E-state index contributed by atoms with van der Waals surface area (Å²) in [6.07, 6.45) is 3.90. The Hall–Kier alpha value is -3.61. The van der Waals surface area contributed by atoms with Gasteiger partial charge in [-0.15, -0.1) is 0 Å². The standard InChI is InChI=1S/C18H18N4O3/c19-22-12-21-16-6-2-5-15(10-16)18(25)20-11-14-4-1-3-13(9-14)7-8-17(23)24/h1-10,12H,11,19H2,(H,20,25)(H,21,22)(H,23,24). The van der Waals surface area contributed by atoms with E-state index in [1.807, 2.05) is 12.1 Å². The molecular formula is C18H18N4O3. The number of benzene rings is 2. The number of aliphatic carboxylic acids is 1. The number of hydrazone groups is 1. The molecule has 1 amide bonds. The number of carbonyl (C=O) groups excluding carboxylic acids is 1. The highest BCUT2D eigenvalue weighted by Crippen LogP contribution is 2.11. The van der Waals surface area contributed by atoms with Crippen LogP contribution in [0.25, 0.3) is 6.08 Å². The van der Waals surface area contributed by atoms with Crippen molar-refractivity contribution in [3.8, 4) is 0 Å². The van der Waals surface area contributed by atoms with Crippen LogP contribution in [0.2, 0.25) is 0 Å². The molecule has 2 rings (SSSR count). The van der Waals surface area contributed by atoms with E-state index in [2.05, 4.69) is 15.7 Å². The Kier molecular flexibility index (Phi) is 6.30. The molecule has 2 aromatic carbocycles. The van der Waals surface area contributed by atoms with Crippen LogP contribution in [0.1, 0.15) is 21.5 Å². The quantitative estimate of drug-likeness (QED) is 0.203. The number of rotatable bonds is 7. The summed E-state index contributed by atoms with van der Waals surface area (Å²) < 4.78 is 0. The van der Waals surface area contributed by atoms with Gasteiger partial charge in [-0.25, -0.2) is 4.79 Å². The second-order valence-electron chi connectivity index (χ2n) is 5.10. The highest BCUT2D eigenvalue weighted by atomic mass is 16.4. The molecule has 0 heterocycles. The van der Waals surface area contributed by atoms with Crippen molar-refractivity contribution in [3.63, 3.8) is 0 Å². The predicted molar refractivity (Wildman–Crippen MR) is 97.0 cm³/mol. The molecule has 0 bridgehead atoms. The van der Waals surface area contributed by atoms with Crippen LogP contribution in [-0.4, -0.2) is 23.3 Å². The second kappa shape index (κ2) is 8.88. The molecule has 7 heteroatoms. The van der Waals surface area contributed by atoms with Crippen molar-refractivity contribution >= 4 is 30.0 Å². The van der Waals surface area contributed by atoms with Gasteiger partial charge in [0.25, 0.3) is 5.91 Å². The molecule has 0 unspecified atom stereocenters.